The quantitative estimate of drug-likeness (QED) is 0.786. The molecule has 0 saturated heterocycles. The van der Waals surface area contributed by atoms with Crippen LogP contribution in [0.3, 0.4) is 0 Å². The van der Waals surface area contributed by atoms with Crippen molar-refractivity contribution in [3.05, 3.63) is 23.8 Å². The molecule has 0 heterocycles. The molecule has 0 atom stereocenters. The fraction of sp³-hybridized carbons (Fsp3) is 0.556. The number of amides is 2. The van der Waals surface area contributed by atoms with Crippen LogP contribution in [-0.2, 0) is 9.59 Å². The van der Waals surface area contributed by atoms with Gasteiger partial charge in [0.05, 0.1) is 0 Å². The smallest absolute Gasteiger partial charge is 0.313 e. The molecule has 1 aromatic carbocycles. The zero-order valence-electron chi connectivity index (χ0n) is 15.0. The maximum Gasteiger partial charge on any atom is 0.313 e. The molecule has 0 unspecified atom stereocenters. The number of nitrogens with one attached hydrogen (secondary N) is 1. The molecule has 2 amide bonds. The summed E-state index contributed by atoms with van der Waals surface area (Å²) in [6.45, 7) is 10.7. The normalized spacial score (nSPS) is 10.3. The second-order valence-corrected chi connectivity index (χ2v) is 5.71. The van der Waals surface area contributed by atoms with Gasteiger partial charge in [-0.25, -0.2) is 0 Å². The summed E-state index contributed by atoms with van der Waals surface area (Å²) in [6.07, 6.45) is 1.89. The predicted octanol–water partition coefficient (Wildman–Crippen LogP) is 3.04. The van der Waals surface area contributed by atoms with E-state index < -0.39 is 11.8 Å². The van der Waals surface area contributed by atoms with Gasteiger partial charge in [0.2, 0.25) is 0 Å². The molecule has 1 aromatic rings. The molecule has 128 valence electrons. The van der Waals surface area contributed by atoms with Crippen LogP contribution in [0.4, 0.5) is 11.4 Å². The maximum absolute atomic E-state index is 12.1. The second kappa shape index (κ2) is 9.18. The number of nitrogens with zero attached hydrogens (tertiary/aromatic N) is 2. The van der Waals surface area contributed by atoms with Crippen LogP contribution in [0.15, 0.2) is 18.2 Å². The van der Waals surface area contributed by atoms with Gasteiger partial charge in [0.15, 0.2) is 0 Å². The Morgan fingerprint density at radius 2 is 1.78 bits per heavy atom. The van der Waals surface area contributed by atoms with Crippen LogP contribution in [0.25, 0.3) is 0 Å². The van der Waals surface area contributed by atoms with Crippen LogP contribution in [0, 0.1) is 6.92 Å². The molecular weight excluding hydrogens is 290 g/mol. The van der Waals surface area contributed by atoms with E-state index in [1.54, 1.807) is 7.05 Å². The van der Waals surface area contributed by atoms with Gasteiger partial charge in [-0.1, -0.05) is 13.3 Å². The highest BCUT2D eigenvalue weighted by Gasteiger charge is 2.19. The Hall–Kier alpha value is -2.04. The van der Waals surface area contributed by atoms with Crippen LogP contribution in [0.1, 0.15) is 39.2 Å². The van der Waals surface area contributed by atoms with Crippen molar-refractivity contribution in [3.63, 3.8) is 0 Å². The van der Waals surface area contributed by atoms with Crippen LogP contribution in [0.2, 0.25) is 0 Å². The number of anilines is 2. The predicted molar refractivity (Wildman–Crippen MR) is 95.9 cm³/mol. The van der Waals surface area contributed by atoms with Gasteiger partial charge in [-0.15, -0.1) is 0 Å². The van der Waals surface area contributed by atoms with Crippen LogP contribution in [0.5, 0.6) is 0 Å². The first-order valence-corrected chi connectivity index (χ1v) is 8.36. The van der Waals surface area contributed by atoms with E-state index in [0.717, 1.165) is 37.2 Å². The van der Waals surface area contributed by atoms with Crippen molar-refractivity contribution in [2.45, 2.75) is 40.5 Å². The lowest BCUT2D eigenvalue weighted by molar-refractivity contribution is -0.142. The number of unbranched alkanes of at least 4 members (excludes halogenated alkanes) is 1. The molecule has 23 heavy (non-hydrogen) atoms. The Labute approximate surface area is 139 Å². The average Bonchev–Trinajstić information content (AvgIpc) is 2.55. The van der Waals surface area contributed by atoms with Crippen LogP contribution >= 0.6 is 0 Å². The topological polar surface area (TPSA) is 52.7 Å². The van der Waals surface area contributed by atoms with E-state index in [1.165, 1.54) is 4.90 Å². The van der Waals surface area contributed by atoms with Crippen molar-refractivity contribution in [2.24, 2.45) is 0 Å². The summed E-state index contributed by atoms with van der Waals surface area (Å²) < 4.78 is 0. The molecule has 0 saturated carbocycles. The summed E-state index contributed by atoms with van der Waals surface area (Å²) in [5.41, 5.74) is 2.76. The first-order valence-electron chi connectivity index (χ1n) is 8.36. The SMILES string of the molecule is CCCCN(C)C(=O)C(=O)Nc1ccc(N(CC)CC)cc1C. The van der Waals surface area contributed by atoms with Crippen molar-refractivity contribution in [1.29, 1.82) is 0 Å². The number of carbonyl (C=O) groups is 2. The fourth-order valence-electron chi connectivity index (χ4n) is 2.42. The summed E-state index contributed by atoms with van der Waals surface area (Å²) in [7, 11) is 1.66. The lowest BCUT2D eigenvalue weighted by Crippen LogP contribution is -2.37. The van der Waals surface area contributed by atoms with Gasteiger partial charge in [0, 0.05) is 38.1 Å². The Kier molecular flexibility index (Phi) is 7.59. The van der Waals surface area contributed by atoms with Gasteiger partial charge < -0.3 is 15.1 Å². The Morgan fingerprint density at radius 3 is 2.30 bits per heavy atom. The zero-order valence-corrected chi connectivity index (χ0v) is 15.0. The van der Waals surface area contributed by atoms with E-state index >= 15 is 0 Å². The lowest BCUT2D eigenvalue weighted by Gasteiger charge is -2.22. The number of aryl methyl sites for hydroxylation is 1. The van der Waals surface area contributed by atoms with Crippen molar-refractivity contribution in [2.75, 3.05) is 36.9 Å². The Morgan fingerprint density at radius 1 is 1.13 bits per heavy atom. The van der Waals surface area contributed by atoms with E-state index in [2.05, 4.69) is 31.0 Å². The number of rotatable bonds is 7. The van der Waals surface area contributed by atoms with Crippen molar-refractivity contribution >= 4 is 23.2 Å². The molecule has 5 heteroatoms. The average molecular weight is 319 g/mol. The molecule has 1 N–H and O–H groups in total. The number of benzene rings is 1. The summed E-state index contributed by atoms with van der Waals surface area (Å²) >= 11 is 0. The summed E-state index contributed by atoms with van der Waals surface area (Å²) in [6, 6.07) is 5.87. The Bertz CT molecular complexity index is 539. The second-order valence-electron chi connectivity index (χ2n) is 5.71. The molecule has 0 fully saturated rings. The first-order chi connectivity index (χ1) is 10.9. The van der Waals surface area contributed by atoms with Crippen molar-refractivity contribution in [1.82, 2.24) is 4.90 Å². The van der Waals surface area contributed by atoms with E-state index in [4.69, 9.17) is 0 Å². The number of likely N-dealkylation sites (N-methyl/N-ethyl adjacent to an activating group) is 1. The highest BCUT2D eigenvalue weighted by Crippen LogP contribution is 2.22. The van der Waals surface area contributed by atoms with Gasteiger partial charge in [-0.05, 0) is 51.0 Å². The van der Waals surface area contributed by atoms with Gasteiger partial charge in [0.25, 0.3) is 0 Å². The molecule has 1 rings (SSSR count). The minimum absolute atomic E-state index is 0.495. The largest absolute Gasteiger partial charge is 0.372 e. The first kappa shape index (κ1) is 19.0. The molecule has 0 bridgehead atoms. The fourth-order valence-corrected chi connectivity index (χ4v) is 2.42. The molecule has 0 radical (unpaired) electrons. The number of carbonyl (C=O) groups excluding carboxylic acids is 2. The molecule has 0 aliphatic heterocycles. The highest BCUT2D eigenvalue weighted by atomic mass is 16.2. The van der Waals surface area contributed by atoms with Crippen molar-refractivity contribution in [3.8, 4) is 0 Å². The van der Waals surface area contributed by atoms with Crippen molar-refractivity contribution < 1.29 is 9.59 Å². The van der Waals surface area contributed by atoms with E-state index in [1.807, 2.05) is 25.1 Å². The minimum atomic E-state index is -0.581. The zero-order chi connectivity index (χ0) is 17.4. The number of hydrogen-bond acceptors (Lipinski definition) is 3. The van der Waals surface area contributed by atoms with E-state index in [-0.39, 0.29) is 0 Å². The molecule has 0 aromatic heterocycles. The summed E-state index contributed by atoms with van der Waals surface area (Å²) in [4.78, 5) is 27.8. The third-order valence-electron chi connectivity index (χ3n) is 3.97. The number of hydrogen-bond donors (Lipinski definition) is 1. The highest BCUT2D eigenvalue weighted by molar-refractivity contribution is 6.39. The summed E-state index contributed by atoms with van der Waals surface area (Å²) in [5, 5.41) is 2.72. The monoisotopic (exact) mass is 319 g/mol. The van der Waals surface area contributed by atoms with Crippen LogP contribution < -0.4 is 10.2 Å². The Balaban J connectivity index is 2.77. The minimum Gasteiger partial charge on any atom is -0.372 e. The lowest BCUT2D eigenvalue weighted by atomic mass is 10.1. The van der Waals surface area contributed by atoms with Gasteiger partial charge in [-0.3, -0.25) is 9.59 Å². The molecule has 0 spiro atoms. The van der Waals surface area contributed by atoms with E-state index in [0.29, 0.717) is 12.2 Å². The molecule has 0 aliphatic rings. The standard InChI is InChI=1S/C18H29N3O2/c1-6-9-12-20(5)18(23)17(22)19-16-11-10-15(13-14(16)4)21(7-2)8-3/h10-11,13H,6-9,12H2,1-5H3,(H,19,22). The molecular formula is C18H29N3O2. The van der Waals surface area contributed by atoms with Gasteiger partial charge in [-0.2, -0.15) is 0 Å². The maximum atomic E-state index is 12.1. The van der Waals surface area contributed by atoms with Crippen LogP contribution in [-0.4, -0.2) is 43.4 Å². The van der Waals surface area contributed by atoms with E-state index in [9.17, 15) is 9.59 Å². The summed E-state index contributed by atoms with van der Waals surface area (Å²) in [5.74, 6) is -1.08. The third-order valence-corrected chi connectivity index (χ3v) is 3.97. The molecule has 0 aliphatic carbocycles. The third kappa shape index (κ3) is 5.27. The van der Waals surface area contributed by atoms with Gasteiger partial charge >= 0.3 is 11.8 Å². The van der Waals surface area contributed by atoms with Gasteiger partial charge in [0.1, 0.15) is 0 Å². The molecule has 5 nitrogen and oxygen atoms in total.